The van der Waals surface area contributed by atoms with E-state index in [1.54, 1.807) is 27.4 Å². The Bertz CT molecular complexity index is 845. The quantitative estimate of drug-likeness (QED) is 0.770. The number of rotatable bonds is 5. The molecule has 3 aliphatic rings. The van der Waals surface area contributed by atoms with E-state index in [2.05, 4.69) is 6.92 Å². The molecule has 2 fully saturated rings. The average molecular weight is 386 g/mol. The maximum atomic E-state index is 12.3. The first-order valence-corrected chi connectivity index (χ1v) is 9.47. The van der Waals surface area contributed by atoms with Crippen molar-refractivity contribution in [2.24, 2.45) is 11.3 Å². The van der Waals surface area contributed by atoms with E-state index in [0.717, 1.165) is 24.2 Å². The molecule has 2 bridgehead atoms. The second-order valence-corrected chi connectivity index (χ2v) is 7.66. The summed E-state index contributed by atoms with van der Waals surface area (Å²) in [5, 5.41) is 0. The van der Waals surface area contributed by atoms with Gasteiger partial charge in [0.2, 0.25) is 11.5 Å². The van der Waals surface area contributed by atoms with Crippen LogP contribution in [-0.4, -0.2) is 40.3 Å². The summed E-state index contributed by atoms with van der Waals surface area (Å²) in [4.78, 5) is 12.3. The van der Waals surface area contributed by atoms with Gasteiger partial charge in [0.05, 0.1) is 33.9 Å². The van der Waals surface area contributed by atoms with Crippen LogP contribution in [0.2, 0.25) is 0 Å². The van der Waals surface area contributed by atoms with Gasteiger partial charge in [-0.3, -0.25) is 4.79 Å². The fourth-order valence-electron chi connectivity index (χ4n) is 5.02. The summed E-state index contributed by atoms with van der Waals surface area (Å²) >= 11 is 0. The predicted molar refractivity (Wildman–Crippen MR) is 103 cm³/mol. The molecule has 1 heterocycles. The van der Waals surface area contributed by atoms with E-state index in [4.69, 9.17) is 23.7 Å². The lowest BCUT2D eigenvalue weighted by molar-refractivity contribution is -0.114. The minimum atomic E-state index is -0.326. The van der Waals surface area contributed by atoms with Crippen molar-refractivity contribution in [3.8, 4) is 17.2 Å². The van der Waals surface area contributed by atoms with Gasteiger partial charge in [-0.05, 0) is 42.0 Å². The second kappa shape index (κ2) is 6.76. The molecule has 4 rings (SSSR count). The van der Waals surface area contributed by atoms with Crippen molar-refractivity contribution in [3.05, 3.63) is 41.4 Å². The third kappa shape index (κ3) is 2.58. The van der Waals surface area contributed by atoms with Gasteiger partial charge in [0.1, 0.15) is 11.9 Å². The molecular formula is C22H26O6. The first kappa shape index (κ1) is 18.7. The number of carbonyl (C=O) groups is 1. The van der Waals surface area contributed by atoms with Gasteiger partial charge in [0.25, 0.3) is 0 Å². The molecule has 1 saturated heterocycles. The van der Waals surface area contributed by atoms with Crippen LogP contribution in [0.15, 0.2) is 35.8 Å². The van der Waals surface area contributed by atoms with Gasteiger partial charge in [-0.1, -0.05) is 6.92 Å². The highest BCUT2D eigenvalue weighted by atomic mass is 16.5. The van der Waals surface area contributed by atoms with Gasteiger partial charge in [-0.2, -0.15) is 0 Å². The summed E-state index contributed by atoms with van der Waals surface area (Å²) in [6, 6.07) is 4.03. The topological polar surface area (TPSA) is 63.2 Å². The Hall–Kier alpha value is -2.63. The van der Waals surface area contributed by atoms with E-state index in [1.807, 2.05) is 18.2 Å². The summed E-state index contributed by atoms with van der Waals surface area (Å²) in [5.41, 5.74) is 0.785. The van der Waals surface area contributed by atoms with Crippen LogP contribution < -0.4 is 14.2 Å². The first-order valence-electron chi connectivity index (χ1n) is 9.47. The number of hydrogen-bond acceptors (Lipinski definition) is 6. The van der Waals surface area contributed by atoms with E-state index in [-0.39, 0.29) is 29.1 Å². The van der Waals surface area contributed by atoms with E-state index in [0.29, 0.717) is 23.0 Å². The Morgan fingerprint density at radius 2 is 1.71 bits per heavy atom. The van der Waals surface area contributed by atoms with Crippen molar-refractivity contribution < 1.29 is 28.5 Å². The van der Waals surface area contributed by atoms with Gasteiger partial charge < -0.3 is 23.7 Å². The Morgan fingerprint density at radius 3 is 2.29 bits per heavy atom. The van der Waals surface area contributed by atoms with Crippen LogP contribution in [0.4, 0.5) is 0 Å². The minimum Gasteiger partial charge on any atom is -0.494 e. The molecule has 1 aromatic carbocycles. The Labute approximate surface area is 165 Å². The smallest absolute Gasteiger partial charge is 0.223 e. The zero-order chi connectivity index (χ0) is 20.1. The lowest BCUT2D eigenvalue weighted by atomic mass is 9.59. The van der Waals surface area contributed by atoms with Crippen LogP contribution in [0.1, 0.15) is 31.2 Å². The number of hydrogen-bond donors (Lipinski definition) is 0. The van der Waals surface area contributed by atoms with Crippen molar-refractivity contribution in [2.45, 2.75) is 31.8 Å². The Balaban J connectivity index is 1.79. The minimum absolute atomic E-state index is 0.0618. The summed E-state index contributed by atoms with van der Waals surface area (Å²) in [6.07, 6.45) is 5.36. The van der Waals surface area contributed by atoms with Crippen LogP contribution in [-0.2, 0) is 14.3 Å². The molecular weight excluding hydrogens is 360 g/mol. The Morgan fingerprint density at radius 1 is 1.04 bits per heavy atom. The number of fused-ring (bicyclic) bond motifs is 1. The summed E-state index contributed by atoms with van der Waals surface area (Å²) < 4.78 is 28.1. The maximum Gasteiger partial charge on any atom is 0.223 e. The number of carbonyl (C=O) groups excluding carboxylic acids is 1. The van der Waals surface area contributed by atoms with Crippen LogP contribution in [0, 0.1) is 11.3 Å². The molecule has 0 amide bonds. The summed E-state index contributed by atoms with van der Waals surface area (Å²) in [5.74, 6) is 3.31. The van der Waals surface area contributed by atoms with Crippen LogP contribution in [0.5, 0.6) is 17.2 Å². The fourth-order valence-corrected chi connectivity index (χ4v) is 5.02. The van der Waals surface area contributed by atoms with Crippen molar-refractivity contribution in [1.82, 2.24) is 0 Å². The molecule has 0 aromatic heterocycles. The molecule has 6 nitrogen and oxygen atoms in total. The molecule has 150 valence electrons. The SMILES string of the molecule is COC1=C[C@]23C[C@@H](C[C@@H](c4cc(OC)c(OC)c(OC)c4)[C@@H]2C)OC3=CC1=O. The van der Waals surface area contributed by atoms with Gasteiger partial charge in [-0.25, -0.2) is 0 Å². The molecule has 1 aliphatic heterocycles. The molecule has 0 N–H and O–H groups in total. The van der Waals surface area contributed by atoms with Gasteiger partial charge >= 0.3 is 0 Å². The van der Waals surface area contributed by atoms with Crippen molar-refractivity contribution in [3.63, 3.8) is 0 Å². The lowest BCUT2D eigenvalue weighted by Gasteiger charge is -2.41. The highest BCUT2D eigenvalue weighted by molar-refractivity contribution is 6.04. The molecule has 28 heavy (non-hydrogen) atoms. The largest absolute Gasteiger partial charge is 0.494 e. The average Bonchev–Trinajstić information content (AvgIpc) is 3.02. The molecule has 0 radical (unpaired) electrons. The molecule has 1 spiro atoms. The molecule has 4 atom stereocenters. The zero-order valence-electron chi connectivity index (χ0n) is 16.9. The van der Waals surface area contributed by atoms with Crippen LogP contribution >= 0.6 is 0 Å². The highest BCUT2D eigenvalue weighted by Gasteiger charge is 2.57. The fraction of sp³-hybridized carbons (Fsp3) is 0.500. The molecule has 1 saturated carbocycles. The van der Waals surface area contributed by atoms with E-state index < -0.39 is 0 Å². The number of benzene rings is 1. The summed E-state index contributed by atoms with van der Waals surface area (Å²) in [6.45, 7) is 2.21. The number of methoxy groups -OCH3 is 4. The van der Waals surface area contributed by atoms with Crippen LogP contribution in [0.3, 0.4) is 0 Å². The van der Waals surface area contributed by atoms with Gasteiger partial charge in [0.15, 0.2) is 17.3 Å². The van der Waals surface area contributed by atoms with E-state index >= 15 is 0 Å². The number of ketones is 1. The molecule has 0 unspecified atom stereocenters. The lowest BCUT2D eigenvalue weighted by Crippen LogP contribution is -2.37. The van der Waals surface area contributed by atoms with Gasteiger partial charge in [-0.15, -0.1) is 0 Å². The molecule has 1 aromatic rings. The van der Waals surface area contributed by atoms with Crippen molar-refractivity contribution >= 4 is 5.78 Å². The number of ether oxygens (including phenoxy) is 5. The summed E-state index contributed by atoms with van der Waals surface area (Å²) in [7, 11) is 6.39. The standard InChI is InChI=1S/C22H26O6/c1-12-15(13-6-17(24-2)21(27-5)18(7-13)25-3)8-14-10-22(12)11-19(26-4)16(23)9-20(22)28-14/h6-7,9,11-12,14-15H,8,10H2,1-5H3/t12-,14+,15+,22+/m0/s1. The number of allylic oxidation sites excluding steroid dienone is 2. The normalized spacial score (nSPS) is 30.6. The third-order valence-electron chi connectivity index (χ3n) is 6.48. The molecule has 6 heteroatoms. The maximum absolute atomic E-state index is 12.3. The zero-order valence-corrected chi connectivity index (χ0v) is 16.9. The predicted octanol–water partition coefficient (Wildman–Crippen LogP) is 3.61. The van der Waals surface area contributed by atoms with Crippen molar-refractivity contribution in [2.75, 3.05) is 28.4 Å². The van der Waals surface area contributed by atoms with Crippen molar-refractivity contribution in [1.29, 1.82) is 0 Å². The van der Waals surface area contributed by atoms with E-state index in [9.17, 15) is 4.79 Å². The van der Waals surface area contributed by atoms with Crippen LogP contribution in [0.25, 0.3) is 0 Å². The first-order chi connectivity index (χ1) is 13.5. The van der Waals surface area contributed by atoms with E-state index in [1.165, 1.54) is 7.11 Å². The monoisotopic (exact) mass is 386 g/mol. The third-order valence-corrected chi connectivity index (χ3v) is 6.48. The van der Waals surface area contributed by atoms with Gasteiger partial charge in [0, 0.05) is 12.5 Å². The Kier molecular flexibility index (Phi) is 4.52. The highest BCUT2D eigenvalue weighted by Crippen LogP contribution is 2.61. The molecule has 2 aliphatic carbocycles. The second-order valence-electron chi connectivity index (χ2n) is 7.66.